The molecule has 1 aromatic carbocycles. The molecule has 1 heterocycles. The van der Waals surface area contributed by atoms with Gasteiger partial charge in [0.05, 0.1) is 11.0 Å². The van der Waals surface area contributed by atoms with Gasteiger partial charge in [0, 0.05) is 5.75 Å². The Bertz CT molecular complexity index is 445. The van der Waals surface area contributed by atoms with Crippen LogP contribution in [-0.2, 0) is 0 Å². The van der Waals surface area contributed by atoms with E-state index in [4.69, 9.17) is 0 Å². The number of aromatic nitrogens is 2. The molecular formula is C11H12N2OS. The maximum Gasteiger partial charge on any atom is 0.254 e. The van der Waals surface area contributed by atoms with Gasteiger partial charge in [-0.2, -0.15) is 0 Å². The van der Waals surface area contributed by atoms with Gasteiger partial charge in [0.2, 0.25) is 0 Å². The topological polar surface area (TPSA) is 45.8 Å². The Labute approximate surface area is 92.3 Å². The lowest BCUT2D eigenvalue weighted by Gasteiger charge is -1.93. The van der Waals surface area contributed by atoms with E-state index >= 15 is 0 Å². The summed E-state index contributed by atoms with van der Waals surface area (Å²) in [5, 5.41) is 0.0213. The molecule has 2 rings (SSSR count). The SMILES string of the molecule is CCCSC(=O)c1nc2ccccc2[nH]1. The molecule has 0 atom stereocenters. The predicted molar refractivity (Wildman–Crippen MR) is 63.2 cm³/mol. The number of carbonyl (C=O) groups excluding carboxylic acids is 1. The molecule has 0 aliphatic heterocycles. The highest BCUT2D eigenvalue weighted by Gasteiger charge is 2.10. The Hall–Kier alpha value is -1.29. The van der Waals surface area contributed by atoms with Gasteiger partial charge in [0.25, 0.3) is 5.12 Å². The highest BCUT2D eigenvalue weighted by molar-refractivity contribution is 8.14. The van der Waals surface area contributed by atoms with E-state index in [2.05, 4.69) is 16.9 Å². The molecule has 0 radical (unpaired) electrons. The number of thioether (sulfide) groups is 1. The fourth-order valence-electron chi connectivity index (χ4n) is 1.31. The monoisotopic (exact) mass is 220 g/mol. The van der Waals surface area contributed by atoms with Crippen molar-refractivity contribution in [2.24, 2.45) is 0 Å². The number of aromatic amines is 1. The second-order valence-electron chi connectivity index (χ2n) is 3.24. The molecule has 0 aliphatic rings. The van der Waals surface area contributed by atoms with Gasteiger partial charge in [-0.3, -0.25) is 4.79 Å². The quantitative estimate of drug-likeness (QED) is 0.865. The molecule has 1 N–H and O–H groups in total. The molecule has 1 aromatic heterocycles. The largest absolute Gasteiger partial charge is 0.335 e. The highest BCUT2D eigenvalue weighted by atomic mass is 32.2. The zero-order chi connectivity index (χ0) is 10.7. The van der Waals surface area contributed by atoms with Crippen LogP contribution >= 0.6 is 11.8 Å². The first kappa shape index (κ1) is 10.2. The fraction of sp³-hybridized carbons (Fsp3) is 0.273. The van der Waals surface area contributed by atoms with Crippen molar-refractivity contribution in [3.63, 3.8) is 0 Å². The number of para-hydroxylation sites is 2. The third-order valence-electron chi connectivity index (χ3n) is 2.02. The Balaban J connectivity index is 2.25. The lowest BCUT2D eigenvalue weighted by Crippen LogP contribution is -1.96. The van der Waals surface area contributed by atoms with Crippen LogP contribution in [0.5, 0.6) is 0 Å². The summed E-state index contributed by atoms with van der Waals surface area (Å²) in [4.78, 5) is 18.9. The molecule has 0 unspecified atom stereocenters. The van der Waals surface area contributed by atoms with E-state index < -0.39 is 0 Å². The fourth-order valence-corrected chi connectivity index (χ4v) is 1.94. The van der Waals surface area contributed by atoms with Crippen molar-refractivity contribution in [2.75, 3.05) is 5.75 Å². The minimum atomic E-state index is 0.0213. The second kappa shape index (κ2) is 4.49. The summed E-state index contributed by atoms with van der Waals surface area (Å²) >= 11 is 1.31. The number of carbonyl (C=O) groups is 1. The molecule has 78 valence electrons. The van der Waals surface area contributed by atoms with Gasteiger partial charge in [-0.05, 0) is 18.6 Å². The normalized spacial score (nSPS) is 10.7. The average molecular weight is 220 g/mol. The van der Waals surface area contributed by atoms with Crippen LogP contribution in [0.3, 0.4) is 0 Å². The summed E-state index contributed by atoms with van der Waals surface area (Å²) in [5.41, 5.74) is 1.76. The summed E-state index contributed by atoms with van der Waals surface area (Å²) in [6.07, 6.45) is 0.997. The molecule has 15 heavy (non-hydrogen) atoms. The van der Waals surface area contributed by atoms with Gasteiger partial charge in [0.15, 0.2) is 5.82 Å². The van der Waals surface area contributed by atoms with E-state index in [1.807, 2.05) is 24.3 Å². The minimum Gasteiger partial charge on any atom is -0.335 e. The van der Waals surface area contributed by atoms with Crippen LogP contribution in [0.1, 0.15) is 24.0 Å². The van der Waals surface area contributed by atoms with Crippen molar-refractivity contribution in [3.8, 4) is 0 Å². The van der Waals surface area contributed by atoms with Crippen LogP contribution in [0.4, 0.5) is 0 Å². The van der Waals surface area contributed by atoms with Crippen molar-refractivity contribution >= 4 is 27.9 Å². The number of nitrogens with zero attached hydrogens (tertiary/aromatic N) is 1. The molecule has 0 fully saturated rings. The summed E-state index contributed by atoms with van der Waals surface area (Å²) in [7, 11) is 0. The standard InChI is InChI=1S/C11H12N2OS/c1-2-7-15-11(14)10-12-8-5-3-4-6-9(8)13-10/h3-6H,2,7H2,1H3,(H,12,13). The number of benzene rings is 1. The van der Waals surface area contributed by atoms with Crippen molar-refractivity contribution in [2.45, 2.75) is 13.3 Å². The molecule has 0 aliphatic carbocycles. The lowest BCUT2D eigenvalue weighted by molar-refractivity contribution is 0.108. The first-order chi connectivity index (χ1) is 7.31. The second-order valence-corrected chi connectivity index (χ2v) is 4.31. The summed E-state index contributed by atoms with van der Waals surface area (Å²) < 4.78 is 0. The van der Waals surface area contributed by atoms with Crippen LogP contribution < -0.4 is 0 Å². The Morgan fingerprint density at radius 3 is 3.00 bits per heavy atom. The Morgan fingerprint density at radius 1 is 1.47 bits per heavy atom. The molecule has 0 saturated carbocycles. The average Bonchev–Trinajstić information content (AvgIpc) is 2.69. The van der Waals surface area contributed by atoms with Gasteiger partial charge in [-0.1, -0.05) is 30.8 Å². The highest BCUT2D eigenvalue weighted by Crippen LogP contribution is 2.15. The van der Waals surface area contributed by atoms with Crippen LogP contribution in [0.25, 0.3) is 11.0 Å². The zero-order valence-corrected chi connectivity index (χ0v) is 9.30. The molecule has 2 aromatic rings. The molecule has 0 spiro atoms. The van der Waals surface area contributed by atoms with Gasteiger partial charge in [0.1, 0.15) is 0 Å². The molecule has 0 bridgehead atoms. The number of hydrogen-bond donors (Lipinski definition) is 1. The van der Waals surface area contributed by atoms with Gasteiger partial charge >= 0.3 is 0 Å². The van der Waals surface area contributed by atoms with Crippen LogP contribution in [-0.4, -0.2) is 20.8 Å². The van der Waals surface area contributed by atoms with Crippen molar-refractivity contribution < 1.29 is 4.79 Å². The minimum absolute atomic E-state index is 0.0213. The number of fused-ring (bicyclic) bond motifs is 1. The van der Waals surface area contributed by atoms with Crippen molar-refractivity contribution in [3.05, 3.63) is 30.1 Å². The van der Waals surface area contributed by atoms with Gasteiger partial charge < -0.3 is 4.98 Å². The van der Waals surface area contributed by atoms with E-state index in [0.29, 0.717) is 5.82 Å². The molecular weight excluding hydrogens is 208 g/mol. The van der Waals surface area contributed by atoms with E-state index in [1.54, 1.807) is 0 Å². The van der Waals surface area contributed by atoms with E-state index in [9.17, 15) is 4.79 Å². The van der Waals surface area contributed by atoms with Gasteiger partial charge in [-0.15, -0.1) is 0 Å². The number of nitrogens with one attached hydrogen (secondary N) is 1. The summed E-state index contributed by atoms with van der Waals surface area (Å²) in [6, 6.07) is 7.65. The lowest BCUT2D eigenvalue weighted by atomic mass is 10.3. The molecule has 0 saturated heterocycles. The molecule has 4 heteroatoms. The maximum absolute atomic E-state index is 11.6. The number of rotatable bonds is 3. The first-order valence-electron chi connectivity index (χ1n) is 4.93. The van der Waals surface area contributed by atoms with Crippen LogP contribution in [0.15, 0.2) is 24.3 Å². The maximum atomic E-state index is 11.6. The molecule has 0 amide bonds. The number of H-pyrrole nitrogens is 1. The van der Waals surface area contributed by atoms with E-state index in [0.717, 1.165) is 23.2 Å². The Morgan fingerprint density at radius 2 is 2.27 bits per heavy atom. The summed E-state index contributed by atoms with van der Waals surface area (Å²) in [6.45, 7) is 2.05. The van der Waals surface area contributed by atoms with Gasteiger partial charge in [-0.25, -0.2) is 4.98 Å². The first-order valence-corrected chi connectivity index (χ1v) is 5.91. The van der Waals surface area contributed by atoms with E-state index in [-0.39, 0.29) is 5.12 Å². The Kier molecular flexibility index (Phi) is 3.06. The number of hydrogen-bond acceptors (Lipinski definition) is 3. The van der Waals surface area contributed by atoms with E-state index in [1.165, 1.54) is 11.8 Å². The molecule has 3 nitrogen and oxygen atoms in total. The smallest absolute Gasteiger partial charge is 0.254 e. The number of imidazole rings is 1. The van der Waals surface area contributed by atoms with Crippen LogP contribution in [0, 0.1) is 0 Å². The van der Waals surface area contributed by atoms with Crippen LogP contribution in [0.2, 0.25) is 0 Å². The predicted octanol–water partition coefficient (Wildman–Crippen LogP) is 2.85. The third-order valence-corrected chi connectivity index (χ3v) is 3.09. The zero-order valence-electron chi connectivity index (χ0n) is 8.49. The van der Waals surface area contributed by atoms with Crippen molar-refractivity contribution in [1.29, 1.82) is 0 Å². The summed E-state index contributed by atoms with van der Waals surface area (Å²) in [5.74, 6) is 1.30. The third kappa shape index (κ3) is 2.21. The van der Waals surface area contributed by atoms with Crippen molar-refractivity contribution in [1.82, 2.24) is 9.97 Å².